The summed E-state index contributed by atoms with van der Waals surface area (Å²) in [4.78, 5) is 5.29. The highest BCUT2D eigenvalue weighted by molar-refractivity contribution is 7.99. The van der Waals surface area contributed by atoms with Crippen molar-refractivity contribution < 1.29 is 9.47 Å². The van der Waals surface area contributed by atoms with Crippen LogP contribution in [0.5, 0.6) is 11.5 Å². The number of hydrogen-bond acceptors (Lipinski definition) is 5. The van der Waals surface area contributed by atoms with Gasteiger partial charge in [0.1, 0.15) is 11.1 Å². The third kappa shape index (κ3) is 2.96. The van der Waals surface area contributed by atoms with E-state index in [1.165, 1.54) is 11.8 Å². The van der Waals surface area contributed by atoms with Gasteiger partial charge in [-0.2, -0.15) is 5.26 Å². The van der Waals surface area contributed by atoms with E-state index in [2.05, 4.69) is 11.1 Å². The normalized spacial score (nSPS) is 13.3. The fourth-order valence-electron chi connectivity index (χ4n) is 2.07. The molecule has 0 N–H and O–H groups in total. The summed E-state index contributed by atoms with van der Waals surface area (Å²) in [5, 5.41) is 9.97. The van der Waals surface area contributed by atoms with Crippen LogP contribution in [0.4, 0.5) is 0 Å². The Labute approximate surface area is 127 Å². The summed E-state index contributed by atoms with van der Waals surface area (Å²) in [5.74, 6) is 1.53. The lowest BCUT2D eigenvalue weighted by molar-refractivity contribution is 0.297. The van der Waals surface area contributed by atoms with Gasteiger partial charge in [0.15, 0.2) is 11.5 Å². The fraction of sp³-hybridized carbons (Fsp3) is 0.250. The number of fused-ring (bicyclic) bond motifs is 1. The van der Waals surface area contributed by atoms with Crippen LogP contribution in [0.25, 0.3) is 0 Å². The van der Waals surface area contributed by atoms with Crippen molar-refractivity contribution in [3.05, 3.63) is 41.6 Å². The highest BCUT2D eigenvalue weighted by Gasteiger charge is 2.13. The van der Waals surface area contributed by atoms with E-state index in [9.17, 15) is 5.26 Å². The summed E-state index contributed by atoms with van der Waals surface area (Å²) < 4.78 is 11.3. The molecule has 0 unspecified atom stereocenters. The van der Waals surface area contributed by atoms with Crippen molar-refractivity contribution >= 4 is 11.8 Å². The Kier molecular flexibility index (Phi) is 3.98. The summed E-state index contributed by atoms with van der Waals surface area (Å²) in [6.07, 6.45) is 2.61. The zero-order valence-corrected chi connectivity index (χ0v) is 12.4. The topological polar surface area (TPSA) is 55.1 Å². The Bertz CT molecular complexity index is 710. The molecule has 1 aromatic carbocycles. The third-order valence-corrected chi connectivity index (χ3v) is 4.16. The number of aryl methyl sites for hydroxylation is 1. The van der Waals surface area contributed by atoms with Gasteiger partial charge in [-0.1, -0.05) is 11.8 Å². The van der Waals surface area contributed by atoms with E-state index < -0.39 is 0 Å². The van der Waals surface area contributed by atoms with E-state index in [1.807, 2.05) is 31.2 Å². The second-order valence-corrected chi connectivity index (χ2v) is 5.74. The molecular weight excluding hydrogens is 284 g/mol. The van der Waals surface area contributed by atoms with E-state index in [4.69, 9.17) is 9.47 Å². The number of aromatic nitrogens is 1. The molecule has 0 fully saturated rings. The Balaban J connectivity index is 1.91. The monoisotopic (exact) mass is 298 g/mol. The number of nitriles is 1. The first-order valence-corrected chi connectivity index (χ1v) is 7.53. The lowest BCUT2D eigenvalue weighted by Crippen LogP contribution is -1.97. The summed E-state index contributed by atoms with van der Waals surface area (Å²) in [6, 6.07) is 9.87. The first-order valence-electron chi connectivity index (χ1n) is 6.71. The predicted molar refractivity (Wildman–Crippen MR) is 79.9 cm³/mol. The Morgan fingerprint density at radius 3 is 2.81 bits per heavy atom. The van der Waals surface area contributed by atoms with Gasteiger partial charge in [0.05, 0.1) is 18.8 Å². The van der Waals surface area contributed by atoms with Crippen LogP contribution in [0.3, 0.4) is 0 Å². The maximum Gasteiger partial charge on any atom is 0.162 e. The van der Waals surface area contributed by atoms with Crippen LogP contribution >= 0.6 is 11.8 Å². The number of pyridine rings is 1. The Morgan fingerprint density at radius 2 is 2.00 bits per heavy atom. The van der Waals surface area contributed by atoms with Gasteiger partial charge in [0.25, 0.3) is 0 Å². The minimum absolute atomic E-state index is 0.620. The fourth-order valence-corrected chi connectivity index (χ4v) is 3.01. The molecule has 3 rings (SSSR count). The SMILES string of the molecule is Cc1ccnc(Sc2ccc3c(c2)OCCCO3)c1C#N. The Hall–Kier alpha value is -2.19. The Morgan fingerprint density at radius 1 is 1.19 bits per heavy atom. The zero-order valence-electron chi connectivity index (χ0n) is 11.6. The number of ether oxygens (including phenoxy) is 2. The van der Waals surface area contributed by atoms with Crippen LogP contribution < -0.4 is 9.47 Å². The van der Waals surface area contributed by atoms with Crippen molar-refractivity contribution in [2.45, 2.75) is 23.3 Å². The average Bonchev–Trinajstić information content (AvgIpc) is 2.72. The lowest BCUT2D eigenvalue weighted by atomic mass is 10.2. The lowest BCUT2D eigenvalue weighted by Gasteiger charge is -2.09. The van der Waals surface area contributed by atoms with Crippen molar-refractivity contribution in [2.24, 2.45) is 0 Å². The van der Waals surface area contributed by atoms with Crippen molar-refractivity contribution in [3.63, 3.8) is 0 Å². The molecule has 0 radical (unpaired) electrons. The van der Waals surface area contributed by atoms with E-state index in [0.717, 1.165) is 28.4 Å². The average molecular weight is 298 g/mol. The number of rotatable bonds is 2. The van der Waals surface area contributed by atoms with Crippen molar-refractivity contribution in [1.29, 1.82) is 5.26 Å². The second-order valence-electron chi connectivity index (χ2n) is 4.68. The van der Waals surface area contributed by atoms with Crippen LogP contribution in [-0.4, -0.2) is 18.2 Å². The summed E-state index contributed by atoms with van der Waals surface area (Å²) in [6.45, 7) is 3.25. The van der Waals surface area contributed by atoms with Gasteiger partial charge in [0.2, 0.25) is 0 Å². The van der Waals surface area contributed by atoms with E-state index >= 15 is 0 Å². The van der Waals surface area contributed by atoms with Crippen molar-refractivity contribution in [3.8, 4) is 17.6 Å². The van der Waals surface area contributed by atoms with Crippen LogP contribution in [0.2, 0.25) is 0 Å². The largest absolute Gasteiger partial charge is 0.490 e. The molecule has 0 spiro atoms. The summed E-state index contributed by atoms with van der Waals surface area (Å²) in [5.41, 5.74) is 1.55. The van der Waals surface area contributed by atoms with Gasteiger partial charge in [-0.05, 0) is 36.8 Å². The molecule has 1 aliphatic heterocycles. The molecule has 1 aromatic heterocycles. The molecule has 4 nitrogen and oxygen atoms in total. The molecule has 0 bridgehead atoms. The zero-order chi connectivity index (χ0) is 14.7. The van der Waals surface area contributed by atoms with Crippen LogP contribution in [0, 0.1) is 18.3 Å². The van der Waals surface area contributed by atoms with Crippen LogP contribution in [0.15, 0.2) is 40.4 Å². The molecule has 5 heteroatoms. The van der Waals surface area contributed by atoms with Gasteiger partial charge >= 0.3 is 0 Å². The van der Waals surface area contributed by atoms with Crippen molar-refractivity contribution in [2.75, 3.05) is 13.2 Å². The maximum atomic E-state index is 9.26. The number of benzene rings is 1. The minimum atomic E-state index is 0.620. The number of hydrogen-bond donors (Lipinski definition) is 0. The van der Waals surface area contributed by atoms with E-state index in [1.54, 1.807) is 6.20 Å². The summed E-state index contributed by atoms with van der Waals surface area (Å²) >= 11 is 1.46. The molecule has 0 amide bonds. The molecular formula is C16H14N2O2S. The molecule has 106 valence electrons. The molecule has 2 aromatic rings. The van der Waals surface area contributed by atoms with E-state index in [0.29, 0.717) is 23.8 Å². The van der Waals surface area contributed by atoms with Gasteiger partial charge < -0.3 is 9.47 Å². The molecule has 0 aliphatic carbocycles. The van der Waals surface area contributed by atoms with Gasteiger partial charge in [0, 0.05) is 17.5 Å². The first-order chi connectivity index (χ1) is 10.3. The molecule has 0 saturated heterocycles. The quantitative estimate of drug-likeness (QED) is 0.848. The standard InChI is InChI=1S/C16H14N2O2S/c1-11-5-6-18-16(13(11)10-17)21-12-3-4-14-15(9-12)20-8-2-7-19-14/h3-6,9H,2,7-8H2,1H3. The molecule has 0 saturated carbocycles. The predicted octanol–water partition coefficient (Wildman–Crippen LogP) is 3.57. The van der Waals surface area contributed by atoms with Gasteiger partial charge in [-0.25, -0.2) is 4.98 Å². The van der Waals surface area contributed by atoms with Crippen molar-refractivity contribution in [1.82, 2.24) is 4.98 Å². The third-order valence-electron chi connectivity index (χ3n) is 3.17. The highest BCUT2D eigenvalue weighted by atomic mass is 32.2. The second kappa shape index (κ2) is 6.06. The minimum Gasteiger partial charge on any atom is -0.490 e. The molecule has 21 heavy (non-hydrogen) atoms. The molecule has 2 heterocycles. The first kappa shape index (κ1) is 13.8. The van der Waals surface area contributed by atoms with Gasteiger partial charge in [-0.15, -0.1) is 0 Å². The number of nitrogens with zero attached hydrogens (tertiary/aromatic N) is 2. The van der Waals surface area contributed by atoms with Crippen LogP contribution in [0.1, 0.15) is 17.5 Å². The maximum absolute atomic E-state index is 9.26. The molecule has 0 atom stereocenters. The van der Waals surface area contributed by atoms with E-state index in [-0.39, 0.29) is 0 Å². The molecule has 1 aliphatic rings. The van der Waals surface area contributed by atoms with Gasteiger partial charge in [-0.3, -0.25) is 0 Å². The smallest absolute Gasteiger partial charge is 0.162 e. The highest BCUT2D eigenvalue weighted by Crippen LogP contribution is 2.37. The van der Waals surface area contributed by atoms with Crippen LogP contribution in [-0.2, 0) is 0 Å². The summed E-state index contributed by atoms with van der Waals surface area (Å²) in [7, 11) is 0.